The Morgan fingerprint density at radius 2 is 2.24 bits per heavy atom. The maximum Gasteiger partial charge on any atom is 0.255 e. The molecule has 1 atom stereocenters. The highest BCUT2D eigenvalue weighted by atomic mass is 127. The van der Waals surface area contributed by atoms with Crippen LogP contribution >= 0.6 is 50.9 Å². The predicted octanol–water partition coefficient (Wildman–Crippen LogP) is 2.65. The Morgan fingerprint density at radius 1 is 1.53 bits per heavy atom. The number of hydrogen-bond acceptors (Lipinski definition) is 2. The number of carbonyl (C=O) groups is 1. The zero-order chi connectivity index (χ0) is 11.7. The summed E-state index contributed by atoms with van der Waals surface area (Å²) in [5, 5.41) is 0. The molecule has 1 aromatic carbocycles. The highest BCUT2D eigenvalue weighted by molar-refractivity contribution is 14.1. The van der Waals surface area contributed by atoms with E-state index >= 15 is 0 Å². The van der Waals surface area contributed by atoms with Crippen molar-refractivity contribution in [2.24, 2.45) is 5.73 Å². The number of rotatable bonds is 1. The molecule has 1 amide bonds. The minimum absolute atomic E-state index is 0. The first kappa shape index (κ1) is 15.2. The standard InChI is InChI=1S/C11H12BrIN2O.ClH/c12-7-1-2-10(13)9(5-7)11(16)15-4-3-8(14)6-15;/h1-2,5,8H,3-4,6,14H2;1H. The van der Waals surface area contributed by atoms with Gasteiger partial charge in [-0.3, -0.25) is 4.79 Å². The number of likely N-dealkylation sites (tertiary alicyclic amines) is 1. The lowest BCUT2D eigenvalue weighted by molar-refractivity contribution is 0.0790. The summed E-state index contributed by atoms with van der Waals surface area (Å²) in [6.07, 6.45) is 0.899. The second-order valence-corrected chi connectivity index (χ2v) is 6.00. The maximum absolute atomic E-state index is 12.2. The van der Waals surface area contributed by atoms with Crippen LogP contribution in [0, 0.1) is 3.57 Å². The fraction of sp³-hybridized carbons (Fsp3) is 0.364. The average Bonchev–Trinajstić information content (AvgIpc) is 2.67. The molecule has 1 fully saturated rings. The van der Waals surface area contributed by atoms with Crippen molar-refractivity contribution >= 4 is 56.8 Å². The normalized spacial score (nSPS) is 19.0. The number of amides is 1. The van der Waals surface area contributed by atoms with Crippen LogP contribution in [0.4, 0.5) is 0 Å². The largest absolute Gasteiger partial charge is 0.337 e. The Morgan fingerprint density at radius 3 is 2.82 bits per heavy atom. The highest BCUT2D eigenvalue weighted by Gasteiger charge is 2.25. The molecule has 6 heteroatoms. The van der Waals surface area contributed by atoms with Crippen LogP contribution < -0.4 is 5.73 Å². The lowest BCUT2D eigenvalue weighted by Gasteiger charge is -2.16. The maximum atomic E-state index is 12.2. The number of halogens is 3. The molecule has 0 aromatic heterocycles. The van der Waals surface area contributed by atoms with Gasteiger partial charge in [-0.05, 0) is 47.2 Å². The molecule has 1 unspecified atom stereocenters. The molecule has 1 aromatic rings. The lowest BCUT2D eigenvalue weighted by Crippen LogP contribution is -2.32. The molecule has 2 rings (SSSR count). The summed E-state index contributed by atoms with van der Waals surface area (Å²) in [7, 11) is 0. The second-order valence-electron chi connectivity index (χ2n) is 3.92. The smallest absolute Gasteiger partial charge is 0.255 e. The van der Waals surface area contributed by atoms with Crippen molar-refractivity contribution < 1.29 is 4.79 Å². The number of hydrogen-bond donors (Lipinski definition) is 1. The SMILES string of the molecule is Cl.NC1CCN(C(=O)c2cc(Br)ccc2I)C1. The van der Waals surface area contributed by atoms with Crippen LogP contribution in [-0.2, 0) is 0 Å². The van der Waals surface area contributed by atoms with Crippen molar-refractivity contribution in [3.63, 3.8) is 0 Å². The summed E-state index contributed by atoms with van der Waals surface area (Å²) in [5.41, 5.74) is 6.56. The Balaban J connectivity index is 0.00000144. The quantitative estimate of drug-likeness (QED) is 0.695. The van der Waals surface area contributed by atoms with E-state index in [0.29, 0.717) is 6.54 Å². The fourth-order valence-electron chi connectivity index (χ4n) is 1.80. The van der Waals surface area contributed by atoms with Crippen molar-refractivity contribution in [2.75, 3.05) is 13.1 Å². The van der Waals surface area contributed by atoms with Crippen molar-refractivity contribution in [1.29, 1.82) is 0 Å². The number of nitrogens with two attached hydrogens (primary N) is 1. The molecule has 0 bridgehead atoms. The van der Waals surface area contributed by atoms with Gasteiger partial charge in [-0.2, -0.15) is 0 Å². The molecular formula is C11H13BrClIN2O. The predicted molar refractivity (Wildman–Crippen MR) is 82.6 cm³/mol. The van der Waals surface area contributed by atoms with E-state index in [1.165, 1.54) is 0 Å². The number of nitrogens with zero attached hydrogens (tertiary/aromatic N) is 1. The molecule has 2 N–H and O–H groups in total. The van der Waals surface area contributed by atoms with Gasteiger partial charge in [-0.1, -0.05) is 15.9 Å². The molecule has 17 heavy (non-hydrogen) atoms. The van der Waals surface area contributed by atoms with E-state index in [2.05, 4.69) is 38.5 Å². The lowest BCUT2D eigenvalue weighted by atomic mass is 10.2. The molecule has 1 aliphatic heterocycles. The van der Waals surface area contributed by atoms with Gasteiger partial charge in [0.1, 0.15) is 0 Å². The highest BCUT2D eigenvalue weighted by Crippen LogP contribution is 2.21. The van der Waals surface area contributed by atoms with Gasteiger partial charge in [-0.25, -0.2) is 0 Å². The molecule has 0 aliphatic carbocycles. The van der Waals surface area contributed by atoms with E-state index in [4.69, 9.17) is 5.73 Å². The number of carbonyl (C=O) groups excluding carboxylic acids is 1. The Labute approximate surface area is 129 Å². The first-order valence-electron chi connectivity index (χ1n) is 5.08. The molecule has 1 heterocycles. The van der Waals surface area contributed by atoms with Crippen LogP contribution in [0.3, 0.4) is 0 Å². The third kappa shape index (κ3) is 3.56. The monoisotopic (exact) mass is 430 g/mol. The third-order valence-electron chi connectivity index (χ3n) is 2.67. The van der Waals surface area contributed by atoms with E-state index in [-0.39, 0.29) is 24.4 Å². The first-order chi connectivity index (χ1) is 7.58. The van der Waals surface area contributed by atoms with E-state index in [9.17, 15) is 4.79 Å². The summed E-state index contributed by atoms with van der Waals surface area (Å²) in [6, 6.07) is 5.88. The van der Waals surface area contributed by atoms with Crippen LogP contribution in [-0.4, -0.2) is 29.9 Å². The third-order valence-corrected chi connectivity index (χ3v) is 4.10. The summed E-state index contributed by atoms with van der Waals surface area (Å²) in [4.78, 5) is 14.0. The van der Waals surface area contributed by atoms with Crippen LogP contribution in [0.2, 0.25) is 0 Å². The summed E-state index contributed by atoms with van der Waals surface area (Å²) in [5.74, 6) is 0.0821. The van der Waals surface area contributed by atoms with Crippen LogP contribution in [0.15, 0.2) is 22.7 Å². The fourth-order valence-corrected chi connectivity index (χ4v) is 2.73. The topological polar surface area (TPSA) is 46.3 Å². The minimum Gasteiger partial charge on any atom is -0.337 e. The molecule has 1 saturated heterocycles. The van der Waals surface area contributed by atoms with Gasteiger partial charge in [0.05, 0.1) is 5.56 Å². The van der Waals surface area contributed by atoms with Crippen molar-refractivity contribution in [2.45, 2.75) is 12.5 Å². The van der Waals surface area contributed by atoms with E-state index in [0.717, 1.165) is 26.6 Å². The molecule has 1 aliphatic rings. The number of benzene rings is 1. The molecule has 94 valence electrons. The zero-order valence-electron chi connectivity index (χ0n) is 9.03. The van der Waals surface area contributed by atoms with Crippen molar-refractivity contribution in [3.05, 3.63) is 31.8 Å². The Hall–Kier alpha value is 0.150. The van der Waals surface area contributed by atoms with Gasteiger partial charge in [0.2, 0.25) is 0 Å². The molecule has 3 nitrogen and oxygen atoms in total. The van der Waals surface area contributed by atoms with Gasteiger partial charge in [0.25, 0.3) is 5.91 Å². The molecule has 0 saturated carbocycles. The van der Waals surface area contributed by atoms with E-state index < -0.39 is 0 Å². The molecule has 0 spiro atoms. The van der Waals surface area contributed by atoms with Crippen LogP contribution in [0.25, 0.3) is 0 Å². The summed E-state index contributed by atoms with van der Waals surface area (Å²) >= 11 is 5.57. The van der Waals surface area contributed by atoms with Gasteiger partial charge < -0.3 is 10.6 Å². The van der Waals surface area contributed by atoms with E-state index in [1.807, 2.05) is 23.1 Å². The summed E-state index contributed by atoms with van der Waals surface area (Å²) < 4.78 is 1.91. The van der Waals surface area contributed by atoms with Crippen molar-refractivity contribution in [3.8, 4) is 0 Å². The van der Waals surface area contributed by atoms with Gasteiger partial charge in [0.15, 0.2) is 0 Å². The average molecular weight is 431 g/mol. The van der Waals surface area contributed by atoms with Crippen LogP contribution in [0.5, 0.6) is 0 Å². The Kier molecular flexibility index (Phi) is 5.69. The molecular weight excluding hydrogens is 418 g/mol. The Bertz CT molecular complexity index is 430. The van der Waals surface area contributed by atoms with Gasteiger partial charge in [0, 0.05) is 27.2 Å². The second kappa shape index (κ2) is 6.36. The van der Waals surface area contributed by atoms with Crippen molar-refractivity contribution in [1.82, 2.24) is 4.90 Å². The minimum atomic E-state index is 0. The van der Waals surface area contributed by atoms with Crippen LogP contribution in [0.1, 0.15) is 16.8 Å². The van der Waals surface area contributed by atoms with Gasteiger partial charge >= 0.3 is 0 Å². The van der Waals surface area contributed by atoms with E-state index in [1.54, 1.807) is 0 Å². The zero-order valence-corrected chi connectivity index (χ0v) is 13.6. The summed E-state index contributed by atoms with van der Waals surface area (Å²) in [6.45, 7) is 1.43. The van der Waals surface area contributed by atoms with Gasteiger partial charge in [-0.15, -0.1) is 12.4 Å². The first-order valence-corrected chi connectivity index (χ1v) is 6.95. The molecule has 0 radical (unpaired) electrons.